The third kappa shape index (κ3) is 5.97. The van der Waals surface area contributed by atoms with E-state index in [-0.39, 0.29) is 22.0 Å². The van der Waals surface area contributed by atoms with Crippen LogP contribution in [0.25, 0.3) is 0 Å². The largest absolute Gasteiger partial charge is 0.467 e. The van der Waals surface area contributed by atoms with Crippen molar-refractivity contribution < 1.29 is 12.3 Å². The summed E-state index contributed by atoms with van der Waals surface area (Å²) >= 11 is 0. The van der Waals surface area contributed by atoms with Gasteiger partial charge in [-0.15, -0.1) is 0 Å². The average Bonchev–Trinajstić information content (AvgIpc) is 3.56. The summed E-state index contributed by atoms with van der Waals surface area (Å²) in [5.74, 6) is 1.07. The van der Waals surface area contributed by atoms with Crippen molar-refractivity contribution in [2.75, 3.05) is 4.90 Å². The van der Waals surface area contributed by atoms with Gasteiger partial charge in [-0.05, 0) is 120 Å². The highest BCUT2D eigenvalue weighted by molar-refractivity contribution is 6.12. The van der Waals surface area contributed by atoms with Crippen molar-refractivity contribution in [3.63, 3.8) is 0 Å². The normalized spacial score (nSPS) is 22.2. The van der Waals surface area contributed by atoms with Gasteiger partial charge in [-0.1, -0.05) is 124 Å². The Labute approximate surface area is 349 Å². The highest BCUT2D eigenvalue weighted by Crippen LogP contribution is 2.60. The number of fused-ring (bicyclic) bond motifs is 5. The summed E-state index contributed by atoms with van der Waals surface area (Å²) in [5, 5.41) is 0. The van der Waals surface area contributed by atoms with Gasteiger partial charge in [0, 0.05) is 42.8 Å². The Morgan fingerprint density at radius 2 is 1.36 bits per heavy atom. The first-order valence-electron chi connectivity index (χ1n) is 21.8. The fraction of sp³-hybridized carbons (Fsp3) is 0.415. The highest BCUT2D eigenvalue weighted by atomic mass is 16.5. The van der Waals surface area contributed by atoms with E-state index in [1.165, 1.54) is 16.7 Å². The van der Waals surface area contributed by atoms with Crippen molar-refractivity contribution in [3.05, 3.63) is 152 Å². The smallest absolute Gasteiger partial charge is 0.217 e. The van der Waals surface area contributed by atoms with E-state index in [1.807, 2.05) is 72.0 Å². The van der Waals surface area contributed by atoms with Crippen LogP contribution in [0.5, 0.6) is 0 Å². The number of hydrogen-bond acceptors (Lipinski definition) is 5. The lowest BCUT2D eigenvalue weighted by atomic mass is 9.66. The van der Waals surface area contributed by atoms with Crippen molar-refractivity contribution in [1.82, 2.24) is 4.98 Å². The third-order valence-electron chi connectivity index (χ3n) is 13.0. The summed E-state index contributed by atoms with van der Waals surface area (Å²) in [6.45, 7) is 31.9. The van der Waals surface area contributed by atoms with Crippen LogP contribution in [0, 0.1) is 26.2 Å². The molecular formula is C53H61N3O2. The molecule has 2 aliphatic heterocycles. The molecule has 0 N–H and O–H groups in total. The number of carbonyl (C=O) groups excluding carboxylic acids is 1. The molecule has 58 heavy (non-hydrogen) atoms. The standard InChI is InChI=1S/C53H61N3O2/c1-31-16-18-34-30-53(50(10,11)12)52(15,40(34)22-31)55-47(58-53)36-25-35(26-38(27-36)49(7,8)9)46(57)39-29-44-42(24-33(39)3)51(13,14)41-23-32(2)17-19-43(41)56(44)45-28-37(20-21-54-45)48(4,5)6/h16-29H,30H2,1-15H3/t52-,53-/m1/s1/i30D2. The van der Waals surface area contributed by atoms with Crippen LogP contribution in [0.1, 0.15) is 157 Å². The van der Waals surface area contributed by atoms with Gasteiger partial charge in [0.1, 0.15) is 17.0 Å². The van der Waals surface area contributed by atoms with Crippen molar-refractivity contribution >= 4 is 28.9 Å². The second-order valence-corrected chi connectivity index (χ2v) is 20.9. The van der Waals surface area contributed by atoms with E-state index in [4.69, 9.17) is 14.7 Å². The Hall–Kier alpha value is -5.03. The molecule has 1 aromatic heterocycles. The maximum atomic E-state index is 15.3. The van der Waals surface area contributed by atoms with Crippen LogP contribution in [0.2, 0.25) is 0 Å². The fourth-order valence-electron chi connectivity index (χ4n) is 9.47. The van der Waals surface area contributed by atoms with Gasteiger partial charge in [0.25, 0.3) is 0 Å². The van der Waals surface area contributed by atoms with E-state index in [0.717, 1.165) is 45.0 Å². The topological polar surface area (TPSA) is 54.8 Å². The van der Waals surface area contributed by atoms with Crippen LogP contribution in [-0.4, -0.2) is 22.3 Å². The maximum absolute atomic E-state index is 15.3. The molecule has 5 nitrogen and oxygen atoms in total. The molecule has 8 rings (SSSR count). The second-order valence-electron chi connectivity index (χ2n) is 20.9. The summed E-state index contributed by atoms with van der Waals surface area (Å²) in [6, 6.07) is 27.1. The molecule has 0 bridgehead atoms. The summed E-state index contributed by atoms with van der Waals surface area (Å²) in [7, 11) is 0. The second kappa shape index (κ2) is 12.7. The molecule has 3 aliphatic rings. The quantitative estimate of drug-likeness (QED) is 0.171. The molecule has 5 heteroatoms. The van der Waals surface area contributed by atoms with Gasteiger partial charge >= 0.3 is 0 Å². The van der Waals surface area contributed by atoms with Gasteiger partial charge in [-0.2, -0.15) is 0 Å². The Balaban J connectivity index is 1.31. The van der Waals surface area contributed by atoms with Gasteiger partial charge in [0.05, 0.1) is 11.4 Å². The molecule has 5 aromatic rings. The molecule has 2 atom stereocenters. The van der Waals surface area contributed by atoms with Gasteiger partial charge in [-0.3, -0.25) is 9.69 Å². The van der Waals surface area contributed by atoms with Crippen molar-refractivity contribution in [1.29, 1.82) is 0 Å². The minimum atomic E-state index is -1.85. The van der Waals surface area contributed by atoms with E-state index >= 15 is 4.79 Å². The van der Waals surface area contributed by atoms with Crippen LogP contribution in [0.4, 0.5) is 17.2 Å². The molecule has 0 amide bonds. The summed E-state index contributed by atoms with van der Waals surface area (Å²) in [5.41, 5.74) is 9.08. The zero-order valence-corrected chi connectivity index (χ0v) is 37.2. The van der Waals surface area contributed by atoms with Gasteiger partial charge in [0.2, 0.25) is 5.90 Å². The predicted octanol–water partition coefficient (Wildman–Crippen LogP) is 13.0. The number of hydrogen-bond donors (Lipinski definition) is 0. The van der Waals surface area contributed by atoms with Gasteiger partial charge < -0.3 is 4.74 Å². The van der Waals surface area contributed by atoms with Crippen LogP contribution in [0.3, 0.4) is 0 Å². The lowest BCUT2D eigenvalue weighted by Gasteiger charge is -2.45. The molecule has 0 radical (unpaired) electrons. The van der Waals surface area contributed by atoms with Crippen LogP contribution >= 0.6 is 0 Å². The van der Waals surface area contributed by atoms with Crippen LogP contribution in [-0.2, 0) is 32.9 Å². The zero-order chi connectivity index (χ0) is 43.9. The number of nitrogens with zero attached hydrogens (tertiary/aromatic N) is 3. The number of ether oxygens (including phenoxy) is 1. The molecule has 0 fully saturated rings. The van der Waals surface area contributed by atoms with Crippen molar-refractivity contribution in [2.24, 2.45) is 10.4 Å². The summed E-state index contributed by atoms with van der Waals surface area (Å²) in [4.78, 5) is 27.9. The van der Waals surface area contributed by atoms with E-state index in [9.17, 15) is 2.74 Å². The van der Waals surface area contributed by atoms with Crippen molar-refractivity contribution in [3.8, 4) is 0 Å². The molecule has 0 saturated heterocycles. The number of aromatic nitrogens is 1. The summed E-state index contributed by atoms with van der Waals surface area (Å²) < 4.78 is 26.5. The van der Waals surface area contributed by atoms with Crippen molar-refractivity contribution in [2.45, 2.75) is 138 Å². The van der Waals surface area contributed by atoms with E-state index < -0.39 is 22.9 Å². The highest BCUT2D eigenvalue weighted by Gasteiger charge is 2.66. The minimum Gasteiger partial charge on any atom is -0.467 e. The molecule has 0 unspecified atom stereocenters. The monoisotopic (exact) mass is 773 g/mol. The zero-order valence-electron chi connectivity index (χ0n) is 39.2. The summed E-state index contributed by atoms with van der Waals surface area (Å²) in [6.07, 6.45) is 0.0352. The third-order valence-corrected chi connectivity index (χ3v) is 13.0. The Morgan fingerprint density at radius 1 is 0.724 bits per heavy atom. The van der Waals surface area contributed by atoms with Gasteiger partial charge in [-0.25, -0.2) is 9.98 Å². The number of carbonyl (C=O) groups is 1. The molecule has 4 aromatic carbocycles. The number of anilines is 3. The molecular weight excluding hydrogens is 711 g/mol. The maximum Gasteiger partial charge on any atom is 0.217 e. The molecule has 0 saturated carbocycles. The molecule has 300 valence electrons. The molecule has 1 aliphatic carbocycles. The average molecular weight is 774 g/mol. The number of aliphatic imine (C=N–C) groups is 1. The minimum absolute atomic E-state index is 0.0864. The van der Waals surface area contributed by atoms with E-state index in [1.54, 1.807) is 0 Å². The molecule has 0 spiro atoms. The SMILES string of the molecule is [2H]C1([2H])c2ccc(C)cc2[C@@]2(C)N=C(c3cc(C(=O)c4cc5c(cc4C)C(C)(C)c4cc(C)ccc4N5c4cc(C(C)(C)C)ccn4)cc(C(C)(C)C)c3)O[C@@]12C(C)(C)C. The Kier molecular flexibility index (Phi) is 8.18. The Morgan fingerprint density at radius 3 is 2.02 bits per heavy atom. The number of aryl methyl sites for hydroxylation is 3. The first-order chi connectivity index (χ1) is 27.6. The number of benzene rings is 4. The number of ketones is 1. The first-order valence-corrected chi connectivity index (χ1v) is 20.8. The lowest BCUT2D eigenvalue weighted by molar-refractivity contribution is -0.0673. The Bertz CT molecular complexity index is 2670. The fourth-order valence-corrected chi connectivity index (χ4v) is 9.47. The first kappa shape index (κ1) is 37.3. The lowest BCUT2D eigenvalue weighted by Crippen LogP contribution is -2.54. The number of rotatable bonds is 4. The van der Waals surface area contributed by atoms with Crippen LogP contribution in [0.15, 0.2) is 90.1 Å². The van der Waals surface area contributed by atoms with Gasteiger partial charge in [0.15, 0.2) is 5.78 Å². The van der Waals surface area contributed by atoms with E-state index in [2.05, 4.69) is 122 Å². The number of pyridine rings is 1. The van der Waals surface area contributed by atoms with Crippen LogP contribution < -0.4 is 4.90 Å². The predicted molar refractivity (Wildman–Crippen MR) is 240 cm³/mol. The molecule has 3 heterocycles. The van der Waals surface area contributed by atoms with E-state index in [0.29, 0.717) is 28.2 Å².